The van der Waals surface area contributed by atoms with Crippen LogP contribution in [0.2, 0.25) is 0 Å². The second kappa shape index (κ2) is 9.13. The molecule has 0 radical (unpaired) electrons. The van der Waals surface area contributed by atoms with Gasteiger partial charge in [-0.25, -0.2) is 0 Å². The number of hydrogen-bond donors (Lipinski definition) is 1. The Morgan fingerprint density at radius 3 is 2.38 bits per heavy atom. The molecule has 1 aliphatic heterocycles. The number of carbonyl (C=O) groups excluding carboxylic acids is 1. The van der Waals surface area contributed by atoms with Crippen molar-refractivity contribution in [2.75, 3.05) is 29.9 Å². The van der Waals surface area contributed by atoms with Crippen LogP contribution in [0.25, 0.3) is 0 Å². The van der Waals surface area contributed by atoms with E-state index in [0.29, 0.717) is 32.5 Å². The van der Waals surface area contributed by atoms with Gasteiger partial charge >= 0.3 is 6.18 Å². The molecule has 1 fully saturated rings. The van der Waals surface area contributed by atoms with Crippen molar-refractivity contribution in [3.8, 4) is 0 Å². The second-order valence-corrected chi connectivity index (χ2v) is 9.49. The largest absolute Gasteiger partial charge is 0.452 e. The van der Waals surface area contributed by atoms with Crippen LogP contribution >= 0.6 is 0 Å². The van der Waals surface area contributed by atoms with Crippen LogP contribution in [-0.2, 0) is 15.7 Å². The Morgan fingerprint density at radius 2 is 1.81 bits per heavy atom. The topological polar surface area (TPSA) is 67.6 Å². The van der Waals surface area contributed by atoms with Gasteiger partial charge in [0.25, 0.3) is 0 Å². The van der Waals surface area contributed by atoms with Crippen LogP contribution in [0, 0.1) is 19.3 Å². The summed E-state index contributed by atoms with van der Waals surface area (Å²) in [5, 5.41) is 6.59. The Balaban J connectivity index is 1.70. The van der Waals surface area contributed by atoms with Crippen LogP contribution < -0.4 is 10.2 Å². The van der Waals surface area contributed by atoms with E-state index in [1.807, 2.05) is 46.8 Å². The molecule has 0 spiro atoms. The number of hydrogen-bond acceptors (Lipinski definition) is 5. The molecule has 2 aromatic rings. The van der Waals surface area contributed by atoms with Gasteiger partial charge in [-0.05, 0) is 48.9 Å². The number of nitrogens with one attached hydrogen (secondary N) is 1. The molecule has 1 aromatic carbocycles. The molecule has 9 heteroatoms. The maximum atomic E-state index is 12.8. The van der Waals surface area contributed by atoms with E-state index in [2.05, 4.69) is 19.9 Å². The minimum absolute atomic E-state index is 0.0201. The first-order valence-corrected chi connectivity index (χ1v) is 10.6. The molecule has 3 rings (SSSR count). The molecule has 32 heavy (non-hydrogen) atoms. The van der Waals surface area contributed by atoms with E-state index in [9.17, 15) is 18.0 Å². The monoisotopic (exact) mass is 453 g/mol. The molecule has 0 saturated carbocycles. The number of halogens is 3. The lowest BCUT2D eigenvalue weighted by atomic mass is 9.92. The van der Waals surface area contributed by atoms with E-state index < -0.39 is 18.0 Å². The first-order chi connectivity index (χ1) is 14.8. The molecule has 0 bridgehead atoms. The van der Waals surface area contributed by atoms with Crippen molar-refractivity contribution in [2.24, 2.45) is 5.41 Å². The number of nitrogens with zero attached hydrogens (tertiary/aromatic N) is 2. The molecule has 1 atom stereocenters. The zero-order chi connectivity index (χ0) is 23.7. The van der Waals surface area contributed by atoms with Gasteiger partial charge in [0.2, 0.25) is 11.7 Å². The summed E-state index contributed by atoms with van der Waals surface area (Å²) in [6.45, 7) is 11.5. The van der Waals surface area contributed by atoms with Crippen LogP contribution in [0.5, 0.6) is 0 Å². The van der Waals surface area contributed by atoms with Crippen LogP contribution in [0.3, 0.4) is 0 Å². The number of amides is 1. The third-order valence-electron chi connectivity index (χ3n) is 5.32. The van der Waals surface area contributed by atoms with E-state index in [1.54, 1.807) is 0 Å². The smallest absolute Gasteiger partial charge is 0.370 e. The number of aryl methyl sites for hydroxylation is 2. The standard InChI is InChI=1S/C23H30F3N3O3/c1-14-10-16(11-15(2)21(14)27-20(30)13-22(3,4)5)29-7-6-18(31-9-8-29)17-12-19(32-28-17)23(24,25)26/h10-12,18H,6-9,13H2,1-5H3,(H,27,30). The summed E-state index contributed by atoms with van der Waals surface area (Å²) in [4.78, 5) is 14.5. The van der Waals surface area contributed by atoms with Gasteiger partial charge in [0.15, 0.2) is 0 Å². The van der Waals surface area contributed by atoms with Crippen molar-refractivity contribution in [1.82, 2.24) is 5.16 Å². The predicted octanol–water partition coefficient (Wildman–Crippen LogP) is 5.65. The molecule has 6 nitrogen and oxygen atoms in total. The third kappa shape index (κ3) is 6.03. The zero-order valence-corrected chi connectivity index (χ0v) is 19.1. The van der Waals surface area contributed by atoms with Gasteiger partial charge in [-0.3, -0.25) is 4.79 Å². The number of carbonyl (C=O) groups is 1. The summed E-state index contributed by atoms with van der Waals surface area (Å²) >= 11 is 0. The highest BCUT2D eigenvalue weighted by Gasteiger charge is 2.37. The Labute approximate surface area is 186 Å². The van der Waals surface area contributed by atoms with Crippen LogP contribution in [0.4, 0.5) is 24.5 Å². The fourth-order valence-corrected chi connectivity index (χ4v) is 3.82. The third-order valence-corrected chi connectivity index (χ3v) is 5.32. The molecule has 1 amide bonds. The number of alkyl halides is 3. The van der Waals surface area contributed by atoms with Gasteiger partial charge < -0.3 is 19.5 Å². The minimum Gasteiger partial charge on any atom is -0.370 e. The van der Waals surface area contributed by atoms with Crippen LogP contribution in [0.1, 0.15) is 62.3 Å². The van der Waals surface area contributed by atoms with Crippen molar-refractivity contribution in [1.29, 1.82) is 0 Å². The van der Waals surface area contributed by atoms with Crippen molar-refractivity contribution < 1.29 is 27.2 Å². The molecular formula is C23H30F3N3O3. The highest BCUT2D eigenvalue weighted by atomic mass is 19.4. The molecule has 1 aliphatic rings. The van der Waals surface area contributed by atoms with Gasteiger partial charge in [0, 0.05) is 37.0 Å². The summed E-state index contributed by atoms with van der Waals surface area (Å²) in [7, 11) is 0. The number of aromatic nitrogens is 1. The molecule has 1 unspecified atom stereocenters. The highest BCUT2D eigenvalue weighted by molar-refractivity contribution is 5.93. The average Bonchev–Trinajstić information content (AvgIpc) is 3.02. The minimum atomic E-state index is -4.57. The Kier molecular flexibility index (Phi) is 6.88. The quantitative estimate of drug-likeness (QED) is 0.648. The predicted molar refractivity (Wildman–Crippen MR) is 116 cm³/mol. The molecule has 1 N–H and O–H groups in total. The molecule has 2 heterocycles. The molecule has 1 aromatic heterocycles. The lowest BCUT2D eigenvalue weighted by molar-refractivity contribution is -0.155. The molecular weight excluding hydrogens is 423 g/mol. The summed E-state index contributed by atoms with van der Waals surface area (Å²) in [6.07, 6.45) is -4.22. The first kappa shape index (κ1) is 24.1. The summed E-state index contributed by atoms with van der Waals surface area (Å²) in [6, 6.07) is 4.93. The highest BCUT2D eigenvalue weighted by Crippen LogP contribution is 2.34. The second-order valence-electron chi connectivity index (χ2n) is 9.49. The number of anilines is 2. The maximum Gasteiger partial charge on any atom is 0.452 e. The van der Waals surface area contributed by atoms with E-state index in [4.69, 9.17) is 4.74 Å². The number of rotatable bonds is 4. The van der Waals surface area contributed by atoms with Crippen LogP contribution in [0.15, 0.2) is 22.7 Å². The summed E-state index contributed by atoms with van der Waals surface area (Å²) in [5.74, 6) is -1.14. The first-order valence-electron chi connectivity index (χ1n) is 10.6. The van der Waals surface area contributed by atoms with Crippen molar-refractivity contribution in [3.05, 3.63) is 40.8 Å². The van der Waals surface area contributed by atoms with E-state index >= 15 is 0 Å². The maximum absolute atomic E-state index is 12.8. The Bertz CT molecular complexity index is 940. The lowest BCUT2D eigenvalue weighted by Crippen LogP contribution is -2.26. The van der Waals surface area contributed by atoms with Crippen molar-refractivity contribution in [3.63, 3.8) is 0 Å². The Morgan fingerprint density at radius 1 is 1.16 bits per heavy atom. The van der Waals surface area contributed by atoms with Gasteiger partial charge in [0.05, 0.1) is 6.61 Å². The molecule has 0 aliphatic carbocycles. The van der Waals surface area contributed by atoms with Gasteiger partial charge in [-0.2, -0.15) is 13.2 Å². The van der Waals surface area contributed by atoms with E-state index in [-0.39, 0.29) is 17.0 Å². The van der Waals surface area contributed by atoms with Gasteiger partial charge in [-0.1, -0.05) is 25.9 Å². The van der Waals surface area contributed by atoms with Gasteiger partial charge in [-0.15, -0.1) is 0 Å². The fraction of sp³-hybridized carbons (Fsp3) is 0.565. The van der Waals surface area contributed by atoms with E-state index in [0.717, 1.165) is 28.6 Å². The Hall–Kier alpha value is -2.55. The van der Waals surface area contributed by atoms with E-state index in [1.165, 1.54) is 0 Å². The summed E-state index contributed by atoms with van der Waals surface area (Å²) in [5.41, 5.74) is 3.76. The fourth-order valence-electron chi connectivity index (χ4n) is 3.82. The van der Waals surface area contributed by atoms with Crippen molar-refractivity contribution in [2.45, 2.75) is 59.7 Å². The SMILES string of the molecule is Cc1cc(N2CCOC(c3cc(C(F)(F)F)on3)CC2)cc(C)c1NC(=O)CC(C)(C)C. The number of ether oxygens (including phenoxy) is 1. The molecule has 1 saturated heterocycles. The zero-order valence-electron chi connectivity index (χ0n) is 19.1. The van der Waals surface area contributed by atoms with Crippen molar-refractivity contribution >= 4 is 17.3 Å². The molecule has 176 valence electrons. The average molecular weight is 454 g/mol. The normalized spacial score (nSPS) is 17.9. The van der Waals surface area contributed by atoms with Crippen LogP contribution in [-0.4, -0.2) is 30.8 Å². The summed E-state index contributed by atoms with van der Waals surface area (Å²) < 4.78 is 48.6. The number of benzene rings is 1. The van der Waals surface area contributed by atoms with Gasteiger partial charge in [0.1, 0.15) is 11.8 Å². The lowest BCUT2D eigenvalue weighted by Gasteiger charge is -2.25.